The van der Waals surface area contributed by atoms with E-state index in [9.17, 15) is 9.90 Å². The average Bonchev–Trinajstić information content (AvgIpc) is 2.82. The normalized spacial score (nSPS) is 11.6. The van der Waals surface area contributed by atoms with Crippen molar-refractivity contribution in [3.63, 3.8) is 0 Å². The molecule has 2 N–H and O–H groups in total. The number of hydrogen-bond acceptors (Lipinski definition) is 2. The first-order chi connectivity index (χ1) is 8.82. The Balaban J connectivity index is 2.47. The second-order valence-electron chi connectivity index (χ2n) is 5.03. The number of carboxylic acid groups (broad SMARTS) is 1. The zero-order valence-corrected chi connectivity index (χ0v) is 12.6. The Bertz CT molecular complexity index is 632. The maximum atomic E-state index is 11.2. The van der Waals surface area contributed by atoms with Gasteiger partial charge < -0.3 is 10.1 Å². The van der Waals surface area contributed by atoms with E-state index in [1.54, 1.807) is 20.0 Å². The zero-order chi connectivity index (χ0) is 14.2. The molecule has 1 aromatic carbocycles. The van der Waals surface area contributed by atoms with Crippen LogP contribution >= 0.6 is 15.9 Å². The molecule has 100 valence electrons. The summed E-state index contributed by atoms with van der Waals surface area (Å²) in [5.74, 6) is -0.450. The number of rotatable bonds is 3. The molecular weight excluding hydrogens is 308 g/mol. The van der Waals surface area contributed by atoms with E-state index in [0.29, 0.717) is 5.82 Å². The van der Waals surface area contributed by atoms with E-state index in [2.05, 4.69) is 25.9 Å². The molecule has 2 aromatic rings. The van der Waals surface area contributed by atoms with E-state index in [0.717, 1.165) is 21.3 Å². The summed E-state index contributed by atoms with van der Waals surface area (Å²) < 4.78 is 0.974. The van der Waals surface area contributed by atoms with Gasteiger partial charge in [-0.1, -0.05) is 22.0 Å². The van der Waals surface area contributed by atoms with E-state index in [-0.39, 0.29) is 0 Å². The zero-order valence-electron chi connectivity index (χ0n) is 11.0. The molecule has 2 rings (SSSR count). The third-order valence-corrected chi connectivity index (χ3v) is 3.69. The lowest BCUT2D eigenvalue weighted by Crippen LogP contribution is -2.29. The monoisotopic (exact) mass is 322 g/mol. The number of nitrogens with zero attached hydrogens (tertiary/aromatic N) is 1. The van der Waals surface area contributed by atoms with Crippen LogP contribution in [0, 0.1) is 6.92 Å². The summed E-state index contributed by atoms with van der Waals surface area (Å²) in [6, 6.07) is 5.96. The number of imidazole rings is 1. The van der Waals surface area contributed by atoms with E-state index in [4.69, 9.17) is 0 Å². The van der Waals surface area contributed by atoms with Crippen molar-refractivity contribution in [1.82, 2.24) is 9.97 Å². The Morgan fingerprint density at radius 3 is 2.74 bits per heavy atom. The molecule has 0 aliphatic rings. The smallest absolute Gasteiger partial charge is 0.316 e. The summed E-state index contributed by atoms with van der Waals surface area (Å²) in [5, 5.41) is 9.21. The largest absolute Gasteiger partial charge is 0.481 e. The van der Waals surface area contributed by atoms with Crippen LogP contribution in [0.4, 0.5) is 0 Å². The highest BCUT2D eigenvalue weighted by atomic mass is 79.9. The Morgan fingerprint density at radius 1 is 1.42 bits per heavy atom. The molecule has 5 heteroatoms. The van der Waals surface area contributed by atoms with Gasteiger partial charge in [-0.2, -0.15) is 0 Å². The minimum Gasteiger partial charge on any atom is -0.481 e. The number of H-pyrrole nitrogens is 1. The maximum Gasteiger partial charge on any atom is 0.316 e. The number of aromatic amines is 1. The lowest BCUT2D eigenvalue weighted by atomic mass is 9.93. The summed E-state index contributed by atoms with van der Waals surface area (Å²) in [6.45, 7) is 5.27. The molecule has 0 spiro atoms. The lowest BCUT2D eigenvalue weighted by molar-refractivity contribution is -0.142. The van der Waals surface area contributed by atoms with E-state index < -0.39 is 11.4 Å². The molecule has 0 fully saturated rings. The SMILES string of the molecule is Cc1ccc(Br)cc1-c1cnc(C(C)(C)C(=O)O)[nH]1. The van der Waals surface area contributed by atoms with Gasteiger partial charge >= 0.3 is 5.97 Å². The van der Waals surface area contributed by atoms with Gasteiger partial charge in [0, 0.05) is 10.0 Å². The number of aryl methyl sites for hydroxylation is 1. The molecule has 0 amide bonds. The van der Waals surface area contributed by atoms with Gasteiger partial charge in [-0.15, -0.1) is 0 Å². The van der Waals surface area contributed by atoms with Crippen molar-refractivity contribution >= 4 is 21.9 Å². The van der Waals surface area contributed by atoms with Crippen molar-refractivity contribution in [2.75, 3.05) is 0 Å². The Hall–Kier alpha value is -1.62. The number of carbonyl (C=O) groups is 1. The number of halogens is 1. The second-order valence-corrected chi connectivity index (χ2v) is 5.95. The Morgan fingerprint density at radius 2 is 2.11 bits per heavy atom. The second kappa shape index (κ2) is 4.81. The number of carboxylic acids is 1. The summed E-state index contributed by atoms with van der Waals surface area (Å²) >= 11 is 3.43. The van der Waals surface area contributed by atoms with Crippen LogP contribution in [0.2, 0.25) is 0 Å². The number of nitrogens with one attached hydrogen (secondary N) is 1. The predicted octanol–water partition coefficient (Wildman–Crippen LogP) is 3.51. The van der Waals surface area contributed by atoms with Gasteiger partial charge in [0.25, 0.3) is 0 Å². The molecular formula is C14H15BrN2O2. The fourth-order valence-corrected chi connectivity index (χ4v) is 2.12. The molecule has 0 aliphatic carbocycles. The van der Waals surface area contributed by atoms with Crippen LogP contribution < -0.4 is 0 Å². The average molecular weight is 323 g/mol. The quantitative estimate of drug-likeness (QED) is 0.908. The molecule has 19 heavy (non-hydrogen) atoms. The molecule has 0 atom stereocenters. The maximum absolute atomic E-state index is 11.2. The minimum absolute atomic E-state index is 0.453. The first kappa shape index (κ1) is 13.8. The van der Waals surface area contributed by atoms with Gasteiger partial charge in [-0.25, -0.2) is 4.98 Å². The van der Waals surface area contributed by atoms with E-state index >= 15 is 0 Å². The summed E-state index contributed by atoms with van der Waals surface area (Å²) in [7, 11) is 0. The van der Waals surface area contributed by atoms with Crippen LogP contribution in [0.3, 0.4) is 0 Å². The van der Waals surface area contributed by atoms with Crippen LogP contribution in [0.5, 0.6) is 0 Å². The summed E-state index contributed by atoms with van der Waals surface area (Å²) in [5.41, 5.74) is 1.90. The van der Waals surface area contributed by atoms with Crippen molar-refractivity contribution in [1.29, 1.82) is 0 Å². The van der Waals surface area contributed by atoms with Gasteiger partial charge in [0.15, 0.2) is 0 Å². The Kier molecular flexibility index (Phi) is 3.49. The highest BCUT2D eigenvalue weighted by molar-refractivity contribution is 9.10. The van der Waals surface area contributed by atoms with E-state index in [1.807, 2.05) is 25.1 Å². The number of aliphatic carboxylic acids is 1. The highest BCUT2D eigenvalue weighted by Gasteiger charge is 2.32. The summed E-state index contributed by atoms with van der Waals surface area (Å²) in [6.07, 6.45) is 1.68. The number of benzene rings is 1. The predicted molar refractivity (Wildman–Crippen MR) is 77.1 cm³/mol. The van der Waals surface area contributed by atoms with Crippen molar-refractivity contribution in [2.24, 2.45) is 0 Å². The van der Waals surface area contributed by atoms with Gasteiger partial charge in [0.1, 0.15) is 11.2 Å². The molecule has 0 unspecified atom stereocenters. The number of aromatic nitrogens is 2. The van der Waals surface area contributed by atoms with Crippen LogP contribution in [0.25, 0.3) is 11.3 Å². The standard InChI is InChI=1S/C14H15BrN2O2/c1-8-4-5-9(15)6-10(8)11-7-16-12(17-11)14(2,3)13(18)19/h4-7H,1-3H3,(H,16,17)(H,18,19). The van der Waals surface area contributed by atoms with Crippen molar-refractivity contribution < 1.29 is 9.90 Å². The third kappa shape index (κ3) is 2.56. The van der Waals surface area contributed by atoms with Crippen molar-refractivity contribution in [2.45, 2.75) is 26.2 Å². The first-order valence-corrected chi connectivity index (χ1v) is 6.67. The molecule has 1 heterocycles. The van der Waals surface area contributed by atoms with E-state index in [1.165, 1.54) is 0 Å². The fourth-order valence-electron chi connectivity index (χ4n) is 1.76. The van der Waals surface area contributed by atoms with Crippen LogP contribution in [0.1, 0.15) is 25.2 Å². The molecule has 0 aliphatic heterocycles. The topological polar surface area (TPSA) is 66.0 Å². The van der Waals surface area contributed by atoms with Crippen molar-refractivity contribution in [3.05, 3.63) is 40.3 Å². The molecule has 0 saturated heterocycles. The first-order valence-electron chi connectivity index (χ1n) is 5.88. The Labute approximate surface area is 120 Å². The van der Waals surface area contributed by atoms with Crippen LogP contribution in [0.15, 0.2) is 28.9 Å². The van der Waals surface area contributed by atoms with Gasteiger partial charge in [0.2, 0.25) is 0 Å². The van der Waals surface area contributed by atoms with Crippen LogP contribution in [-0.2, 0) is 10.2 Å². The number of hydrogen-bond donors (Lipinski definition) is 2. The molecule has 0 radical (unpaired) electrons. The molecule has 4 nitrogen and oxygen atoms in total. The highest BCUT2D eigenvalue weighted by Crippen LogP contribution is 2.28. The van der Waals surface area contributed by atoms with Gasteiger partial charge in [-0.05, 0) is 38.5 Å². The van der Waals surface area contributed by atoms with Gasteiger partial charge in [-0.3, -0.25) is 4.79 Å². The molecule has 0 saturated carbocycles. The molecule has 1 aromatic heterocycles. The fraction of sp³-hybridized carbons (Fsp3) is 0.286. The van der Waals surface area contributed by atoms with Crippen molar-refractivity contribution in [3.8, 4) is 11.3 Å². The summed E-state index contributed by atoms with van der Waals surface area (Å²) in [4.78, 5) is 18.5. The minimum atomic E-state index is -1.03. The lowest BCUT2D eigenvalue weighted by Gasteiger charge is -2.15. The van der Waals surface area contributed by atoms with Gasteiger partial charge in [0.05, 0.1) is 11.9 Å². The molecule has 0 bridgehead atoms. The van der Waals surface area contributed by atoms with Crippen LogP contribution in [-0.4, -0.2) is 21.0 Å². The third-order valence-electron chi connectivity index (χ3n) is 3.19.